The zero-order valence-electron chi connectivity index (χ0n) is 21.2. The zero-order chi connectivity index (χ0) is 26.5. The normalized spacial score (nSPS) is 17.0. The lowest BCUT2D eigenvalue weighted by Crippen LogP contribution is -2.48. The Hall–Kier alpha value is -3.67. The van der Waals surface area contributed by atoms with E-state index in [9.17, 15) is 14.4 Å². The Labute approximate surface area is 218 Å². The molecule has 1 aliphatic rings. The fourth-order valence-corrected chi connectivity index (χ4v) is 5.20. The summed E-state index contributed by atoms with van der Waals surface area (Å²) in [6.07, 6.45) is 5.22. The van der Waals surface area contributed by atoms with Crippen molar-refractivity contribution >= 4 is 29.4 Å². The average Bonchev–Trinajstić information content (AvgIpc) is 3.64. The van der Waals surface area contributed by atoms with Crippen molar-refractivity contribution in [2.24, 2.45) is 5.92 Å². The van der Waals surface area contributed by atoms with E-state index in [0.29, 0.717) is 30.7 Å². The number of aldehydes is 1. The second kappa shape index (κ2) is 11.6. The summed E-state index contributed by atoms with van der Waals surface area (Å²) in [6, 6.07) is 0.536. The third-order valence-corrected chi connectivity index (χ3v) is 7.29. The highest BCUT2D eigenvalue weighted by Crippen LogP contribution is 2.32. The van der Waals surface area contributed by atoms with Crippen LogP contribution in [0.4, 0.5) is 0 Å². The number of carbonyl (C=O) groups excluding carboxylic acids is 3. The molecular formula is C25H30N6O5S. The molecule has 0 radical (unpaired) electrons. The van der Waals surface area contributed by atoms with E-state index in [1.807, 2.05) is 27.7 Å². The van der Waals surface area contributed by atoms with Crippen LogP contribution in [0, 0.1) is 12.8 Å². The number of hydrogen-bond donors (Lipinski definition) is 1. The van der Waals surface area contributed by atoms with Gasteiger partial charge in [-0.3, -0.25) is 24.4 Å². The lowest BCUT2D eigenvalue weighted by molar-refractivity contribution is -0.141. The highest BCUT2D eigenvalue weighted by atomic mass is 32.1. The second-order valence-electron chi connectivity index (χ2n) is 9.28. The van der Waals surface area contributed by atoms with Crippen LogP contribution >= 0.6 is 11.3 Å². The standard InChI is InChI=1S/C25H30N6O5S/c1-14(2)22(20-10-21(30-36-20)35-9-8-32)25(34)31-7-5-6-19(31)24(33)29-15(3)17-11-27-18(12-26-17)23-16(4)28-13-37-23/h8,10-15,19,22H,5-7,9H2,1-4H3,(H,29,33)/t15-,19-,22?/m0/s1. The van der Waals surface area contributed by atoms with Gasteiger partial charge in [-0.25, -0.2) is 4.98 Å². The molecule has 0 saturated carbocycles. The molecule has 2 amide bonds. The summed E-state index contributed by atoms with van der Waals surface area (Å²) >= 11 is 1.50. The Morgan fingerprint density at radius 2 is 2.08 bits per heavy atom. The van der Waals surface area contributed by atoms with Gasteiger partial charge in [0.25, 0.3) is 5.88 Å². The van der Waals surface area contributed by atoms with Crippen LogP contribution in [0.15, 0.2) is 28.5 Å². The van der Waals surface area contributed by atoms with Crippen LogP contribution < -0.4 is 10.1 Å². The first-order valence-electron chi connectivity index (χ1n) is 12.2. The summed E-state index contributed by atoms with van der Waals surface area (Å²) in [5.74, 6) is -0.714. The number of hydrogen-bond acceptors (Lipinski definition) is 10. The predicted molar refractivity (Wildman–Crippen MR) is 135 cm³/mol. The van der Waals surface area contributed by atoms with Gasteiger partial charge < -0.3 is 19.5 Å². The smallest absolute Gasteiger partial charge is 0.254 e. The number of aryl methyl sites for hydroxylation is 1. The largest absolute Gasteiger partial charge is 0.468 e. The monoisotopic (exact) mass is 526 g/mol. The van der Waals surface area contributed by atoms with Gasteiger partial charge in [-0.1, -0.05) is 13.8 Å². The molecule has 196 valence electrons. The number of rotatable bonds is 10. The first-order valence-corrected chi connectivity index (χ1v) is 13.0. The van der Waals surface area contributed by atoms with Crippen LogP contribution in [0.1, 0.15) is 62.7 Å². The topological polar surface area (TPSA) is 140 Å². The van der Waals surface area contributed by atoms with Crippen LogP contribution in [0.5, 0.6) is 5.88 Å². The van der Waals surface area contributed by atoms with Gasteiger partial charge in [0.05, 0.1) is 40.2 Å². The second-order valence-corrected chi connectivity index (χ2v) is 10.1. The minimum absolute atomic E-state index is 0.112. The number of nitrogens with zero attached hydrogens (tertiary/aromatic N) is 5. The molecule has 1 aliphatic heterocycles. The van der Waals surface area contributed by atoms with Gasteiger partial charge in [-0.15, -0.1) is 11.3 Å². The molecule has 3 atom stereocenters. The van der Waals surface area contributed by atoms with Crippen molar-refractivity contribution in [3.8, 4) is 16.5 Å². The van der Waals surface area contributed by atoms with Crippen molar-refractivity contribution in [2.75, 3.05) is 13.2 Å². The van der Waals surface area contributed by atoms with E-state index in [0.717, 1.165) is 22.7 Å². The summed E-state index contributed by atoms with van der Waals surface area (Å²) in [6.45, 7) is 7.88. The Bertz CT molecular complexity index is 1240. The molecule has 0 bridgehead atoms. The molecule has 0 aliphatic carbocycles. The van der Waals surface area contributed by atoms with E-state index in [1.54, 1.807) is 22.8 Å². The number of ether oxygens (including phenoxy) is 1. The van der Waals surface area contributed by atoms with Crippen LogP contribution in [0.25, 0.3) is 10.6 Å². The molecule has 11 nitrogen and oxygen atoms in total. The molecule has 0 spiro atoms. The number of thiazole rings is 1. The molecule has 1 unspecified atom stereocenters. The van der Waals surface area contributed by atoms with Gasteiger partial charge in [0.2, 0.25) is 11.8 Å². The van der Waals surface area contributed by atoms with E-state index in [4.69, 9.17) is 9.26 Å². The van der Waals surface area contributed by atoms with Crippen LogP contribution in [0.3, 0.4) is 0 Å². The lowest BCUT2D eigenvalue weighted by Gasteiger charge is -2.29. The molecule has 1 fully saturated rings. The maximum atomic E-state index is 13.6. The van der Waals surface area contributed by atoms with E-state index in [1.165, 1.54) is 17.4 Å². The lowest BCUT2D eigenvalue weighted by atomic mass is 9.91. The summed E-state index contributed by atoms with van der Waals surface area (Å²) < 4.78 is 10.5. The van der Waals surface area contributed by atoms with Crippen molar-refractivity contribution in [1.29, 1.82) is 0 Å². The van der Waals surface area contributed by atoms with Crippen LogP contribution in [-0.2, 0) is 14.4 Å². The quantitative estimate of drug-likeness (QED) is 0.395. The Balaban J connectivity index is 1.43. The van der Waals surface area contributed by atoms with E-state index >= 15 is 0 Å². The van der Waals surface area contributed by atoms with Gasteiger partial charge in [0.1, 0.15) is 24.3 Å². The Kier molecular flexibility index (Phi) is 8.27. The number of carbonyl (C=O) groups is 3. The first-order chi connectivity index (χ1) is 17.8. The number of aromatic nitrogens is 4. The minimum atomic E-state index is -0.638. The maximum absolute atomic E-state index is 13.6. The molecule has 37 heavy (non-hydrogen) atoms. The van der Waals surface area contributed by atoms with Crippen molar-refractivity contribution in [2.45, 2.75) is 58.5 Å². The molecule has 4 rings (SSSR count). The fourth-order valence-electron chi connectivity index (χ4n) is 4.43. The SMILES string of the molecule is Cc1ncsc1-c1cnc([C@H](C)NC(=O)[C@@H]2CCCN2C(=O)C(c2cc(OCC=O)no2)C(C)C)cn1. The summed E-state index contributed by atoms with van der Waals surface area (Å²) in [4.78, 5) is 53.2. The van der Waals surface area contributed by atoms with Crippen molar-refractivity contribution < 1.29 is 23.6 Å². The van der Waals surface area contributed by atoms with E-state index in [-0.39, 0.29) is 36.3 Å². The van der Waals surface area contributed by atoms with Crippen molar-refractivity contribution in [3.63, 3.8) is 0 Å². The average molecular weight is 527 g/mol. The maximum Gasteiger partial charge on any atom is 0.254 e. The molecule has 3 aromatic rings. The Morgan fingerprint density at radius 1 is 1.27 bits per heavy atom. The minimum Gasteiger partial charge on any atom is -0.468 e. The number of nitrogens with one attached hydrogen (secondary N) is 1. The molecule has 12 heteroatoms. The summed E-state index contributed by atoms with van der Waals surface area (Å²) in [7, 11) is 0. The number of likely N-dealkylation sites (tertiary alicyclic amines) is 1. The highest BCUT2D eigenvalue weighted by molar-refractivity contribution is 7.13. The van der Waals surface area contributed by atoms with E-state index < -0.39 is 12.0 Å². The van der Waals surface area contributed by atoms with Gasteiger partial charge in [0.15, 0.2) is 12.0 Å². The fraction of sp³-hybridized carbons (Fsp3) is 0.480. The van der Waals surface area contributed by atoms with Crippen molar-refractivity contribution in [1.82, 2.24) is 30.3 Å². The predicted octanol–water partition coefficient (Wildman–Crippen LogP) is 3.08. The molecule has 4 heterocycles. The molecule has 1 saturated heterocycles. The van der Waals surface area contributed by atoms with Gasteiger partial charge >= 0.3 is 0 Å². The van der Waals surface area contributed by atoms with E-state index in [2.05, 4.69) is 25.4 Å². The third kappa shape index (κ3) is 5.85. The number of amides is 2. The molecule has 0 aromatic carbocycles. The first kappa shape index (κ1) is 26.4. The van der Waals surface area contributed by atoms with Gasteiger partial charge in [-0.05, 0) is 37.8 Å². The molecule has 3 aromatic heterocycles. The summed E-state index contributed by atoms with van der Waals surface area (Å²) in [5.41, 5.74) is 4.03. The third-order valence-electron chi connectivity index (χ3n) is 6.34. The molecule has 1 N–H and O–H groups in total. The van der Waals surface area contributed by atoms with Crippen molar-refractivity contribution in [3.05, 3.63) is 41.1 Å². The Morgan fingerprint density at radius 3 is 2.73 bits per heavy atom. The van der Waals surface area contributed by atoms with Crippen LogP contribution in [-0.4, -0.2) is 62.3 Å². The summed E-state index contributed by atoms with van der Waals surface area (Å²) in [5, 5.41) is 6.79. The van der Waals surface area contributed by atoms with Gasteiger partial charge in [0, 0.05) is 12.6 Å². The van der Waals surface area contributed by atoms with Gasteiger partial charge in [-0.2, -0.15) is 0 Å². The van der Waals surface area contributed by atoms with Crippen LogP contribution in [0.2, 0.25) is 0 Å². The zero-order valence-corrected chi connectivity index (χ0v) is 22.0. The molecular weight excluding hydrogens is 496 g/mol. The highest BCUT2D eigenvalue weighted by Gasteiger charge is 2.40.